The van der Waals surface area contributed by atoms with E-state index in [0.29, 0.717) is 5.69 Å². The number of aliphatic imine (C=N–C) groups is 1. The summed E-state index contributed by atoms with van der Waals surface area (Å²) >= 11 is 0. The summed E-state index contributed by atoms with van der Waals surface area (Å²) in [6.07, 6.45) is 7.77. The van der Waals surface area contributed by atoms with Gasteiger partial charge in [-0.05, 0) is 39.0 Å². The predicted octanol–water partition coefficient (Wildman–Crippen LogP) is 2.65. The Hall–Kier alpha value is -1.97. The van der Waals surface area contributed by atoms with Crippen molar-refractivity contribution in [3.8, 4) is 0 Å². The van der Waals surface area contributed by atoms with Gasteiger partial charge in [0.1, 0.15) is 5.60 Å². The normalized spacial score (nSPS) is 22.3. The SMILES string of the molecule is CC(C)(C)OC(=O)C1(c2ccccn2)C=CCC=N1. The molecular formula is C15H18N2O2. The molecule has 0 radical (unpaired) electrons. The Bertz CT molecular complexity index is 501. The first-order valence-electron chi connectivity index (χ1n) is 6.30. The highest BCUT2D eigenvalue weighted by molar-refractivity contribution is 5.88. The second-order valence-corrected chi connectivity index (χ2v) is 5.43. The maximum Gasteiger partial charge on any atom is 0.344 e. The Kier molecular flexibility index (Phi) is 3.51. The Labute approximate surface area is 113 Å². The molecule has 1 aliphatic rings. The molecule has 0 saturated heterocycles. The van der Waals surface area contributed by atoms with Crippen LogP contribution in [0, 0.1) is 0 Å². The summed E-state index contributed by atoms with van der Waals surface area (Å²) in [5, 5.41) is 0. The Balaban J connectivity index is 2.42. The van der Waals surface area contributed by atoms with Crippen LogP contribution in [0.5, 0.6) is 0 Å². The van der Waals surface area contributed by atoms with Crippen LogP contribution in [-0.2, 0) is 15.1 Å². The monoisotopic (exact) mass is 258 g/mol. The number of allylic oxidation sites excluding steroid dienone is 1. The molecule has 19 heavy (non-hydrogen) atoms. The third kappa shape index (κ3) is 2.89. The van der Waals surface area contributed by atoms with E-state index in [2.05, 4.69) is 9.98 Å². The highest BCUT2D eigenvalue weighted by Crippen LogP contribution is 2.31. The van der Waals surface area contributed by atoms with Gasteiger partial charge in [-0.2, -0.15) is 0 Å². The summed E-state index contributed by atoms with van der Waals surface area (Å²) in [4.78, 5) is 21.1. The Morgan fingerprint density at radius 3 is 2.68 bits per heavy atom. The molecule has 1 atom stereocenters. The number of rotatable bonds is 2. The lowest BCUT2D eigenvalue weighted by Gasteiger charge is -2.30. The average Bonchev–Trinajstić information content (AvgIpc) is 2.38. The molecule has 0 aliphatic carbocycles. The van der Waals surface area contributed by atoms with Crippen molar-refractivity contribution in [2.24, 2.45) is 4.99 Å². The van der Waals surface area contributed by atoms with E-state index >= 15 is 0 Å². The minimum absolute atomic E-state index is 0.397. The summed E-state index contributed by atoms with van der Waals surface area (Å²) in [6.45, 7) is 5.52. The van der Waals surface area contributed by atoms with Gasteiger partial charge in [0.2, 0.25) is 5.54 Å². The maximum absolute atomic E-state index is 12.5. The molecule has 0 fully saturated rings. The predicted molar refractivity (Wildman–Crippen MR) is 74.0 cm³/mol. The van der Waals surface area contributed by atoms with Gasteiger partial charge in [0.25, 0.3) is 0 Å². The van der Waals surface area contributed by atoms with Crippen LogP contribution >= 0.6 is 0 Å². The van der Waals surface area contributed by atoms with E-state index in [4.69, 9.17) is 4.74 Å². The van der Waals surface area contributed by atoms with Crippen molar-refractivity contribution in [2.75, 3.05) is 0 Å². The van der Waals surface area contributed by atoms with Crippen LogP contribution in [0.4, 0.5) is 0 Å². The molecule has 2 heterocycles. The van der Waals surface area contributed by atoms with Gasteiger partial charge in [0.15, 0.2) is 0 Å². The first-order valence-corrected chi connectivity index (χ1v) is 6.30. The summed E-state index contributed by atoms with van der Waals surface area (Å²) in [5.74, 6) is -0.397. The van der Waals surface area contributed by atoms with E-state index in [-0.39, 0.29) is 0 Å². The third-order valence-electron chi connectivity index (χ3n) is 2.66. The molecule has 0 aromatic carbocycles. The molecule has 0 amide bonds. The first kappa shape index (κ1) is 13.5. The topological polar surface area (TPSA) is 51.5 Å². The second-order valence-electron chi connectivity index (χ2n) is 5.43. The van der Waals surface area contributed by atoms with E-state index < -0.39 is 17.1 Å². The van der Waals surface area contributed by atoms with Gasteiger partial charge in [0.05, 0.1) is 5.69 Å². The molecule has 0 bridgehead atoms. The molecule has 0 saturated carbocycles. The van der Waals surface area contributed by atoms with E-state index in [1.165, 1.54) is 0 Å². The highest BCUT2D eigenvalue weighted by Gasteiger charge is 2.42. The van der Waals surface area contributed by atoms with Gasteiger partial charge in [-0.1, -0.05) is 12.1 Å². The number of nitrogens with zero attached hydrogens (tertiary/aromatic N) is 2. The van der Waals surface area contributed by atoms with Gasteiger partial charge in [-0.15, -0.1) is 0 Å². The van der Waals surface area contributed by atoms with Crippen molar-refractivity contribution >= 4 is 12.2 Å². The quantitative estimate of drug-likeness (QED) is 0.605. The summed E-state index contributed by atoms with van der Waals surface area (Å²) in [5.41, 5.74) is -1.12. The van der Waals surface area contributed by atoms with Crippen molar-refractivity contribution in [1.29, 1.82) is 0 Å². The third-order valence-corrected chi connectivity index (χ3v) is 2.66. The molecule has 100 valence electrons. The summed E-state index contributed by atoms with van der Waals surface area (Å²) in [6, 6.07) is 5.44. The number of hydrogen-bond acceptors (Lipinski definition) is 4. The molecule has 4 heteroatoms. The van der Waals surface area contributed by atoms with Crippen molar-refractivity contribution in [3.63, 3.8) is 0 Å². The molecule has 1 aromatic heterocycles. The van der Waals surface area contributed by atoms with Crippen molar-refractivity contribution < 1.29 is 9.53 Å². The lowest BCUT2D eigenvalue weighted by Crippen LogP contribution is -2.40. The van der Waals surface area contributed by atoms with E-state index in [0.717, 1.165) is 6.42 Å². The zero-order valence-electron chi connectivity index (χ0n) is 11.5. The van der Waals surface area contributed by atoms with E-state index in [1.54, 1.807) is 24.6 Å². The zero-order valence-corrected chi connectivity index (χ0v) is 11.5. The van der Waals surface area contributed by atoms with Crippen LogP contribution in [-0.4, -0.2) is 22.8 Å². The van der Waals surface area contributed by atoms with E-state index in [1.807, 2.05) is 39.0 Å². The van der Waals surface area contributed by atoms with Crippen LogP contribution in [0.1, 0.15) is 32.9 Å². The molecule has 1 aliphatic heterocycles. The van der Waals surface area contributed by atoms with Crippen LogP contribution in [0.15, 0.2) is 41.5 Å². The fourth-order valence-corrected chi connectivity index (χ4v) is 1.86. The number of dihydropyridines is 1. The van der Waals surface area contributed by atoms with Crippen LogP contribution in [0.2, 0.25) is 0 Å². The number of ether oxygens (including phenoxy) is 1. The summed E-state index contributed by atoms with van der Waals surface area (Å²) in [7, 11) is 0. The molecule has 2 rings (SSSR count). The lowest BCUT2D eigenvalue weighted by molar-refractivity contribution is -0.160. The fourth-order valence-electron chi connectivity index (χ4n) is 1.86. The smallest absolute Gasteiger partial charge is 0.344 e. The molecule has 1 aromatic rings. The minimum Gasteiger partial charge on any atom is -0.458 e. The molecule has 4 nitrogen and oxygen atoms in total. The average molecular weight is 258 g/mol. The van der Waals surface area contributed by atoms with Crippen LogP contribution in [0.25, 0.3) is 0 Å². The van der Waals surface area contributed by atoms with Crippen LogP contribution in [0.3, 0.4) is 0 Å². The van der Waals surface area contributed by atoms with Crippen molar-refractivity contribution in [2.45, 2.75) is 38.3 Å². The number of carbonyl (C=O) groups excluding carboxylic acids is 1. The number of hydrogen-bond donors (Lipinski definition) is 0. The van der Waals surface area contributed by atoms with E-state index in [9.17, 15) is 4.79 Å². The fraction of sp³-hybridized carbons (Fsp3) is 0.400. The largest absolute Gasteiger partial charge is 0.458 e. The number of carbonyl (C=O) groups is 1. The molecular weight excluding hydrogens is 240 g/mol. The van der Waals surface area contributed by atoms with Gasteiger partial charge in [0, 0.05) is 18.8 Å². The summed E-state index contributed by atoms with van der Waals surface area (Å²) < 4.78 is 5.49. The molecule has 0 N–H and O–H groups in total. The van der Waals surface area contributed by atoms with Crippen LogP contribution < -0.4 is 0 Å². The van der Waals surface area contributed by atoms with Gasteiger partial charge >= 0.3 is 5.97 Å². The number of esters is 1. The van der Waals surface area contributed by atoms with Gasteiger partial charge in [-0.25, -0.2) is 4.79 Å². The minimum atomic E-state index is -1.15. The Morgan fingerprint density at radius 2 is 2.16 bits per heavy atom. The zero-order chi connectivity index (χ0) is 13.9. The van der Waals surface area contributed by atoms with Gasteiger partial charge < -0.3 is 4.74 Å². The first-order chi connectivity index (χ1) is 8.94. The lowest BCUT2D eigenvalue weighted by atomic mass is 9.92. The molecule has 0 spiro atoms. The number of aromatic nitrogens is 1. The highest BCUT2D eigenvalue weighted by atomic mass is 16.6. The van der Waals surface area contributed by atoms with Gasteiger partial charge in [-0.3, -0.25) is 9.98 Å². The maximum atomic E-state index is 12.5. The molecule has 1 unspecified atom stereocenters. The van der Waals surface area contributed by atoms with Crippen molar-refractivity contribution in [3.05, 3.63) is 42.2 Å². The second kappa shape index (κ2) is 4.96. The van der Waals surface area contributed by atoms with Crippen molar-refractivity contribution in [1.82, 2.24) is 4.98 Å². The standard InChI is InChI=1S/C15H18N2O2/c1-14(2,3)19-13(18)15(9-5-7-11-17-15)12-8-4-6-10-16-12/h4-6,8-11H,7H2,1-3H3. The number of pyridine rings is 1. The Morgan fingerprint density at radius 1 is 1.37 bits per heavy atom.